The quantitative estimate of drug-likeness (QED) is 0.450. The molecule has 3 aromatic rings. The number of allylic oxidation sites excluding steroid dienone is 2. The van der Waals surface area contributed by atoms with E-state index in [0.29, 0.717) is 11.1 Å². The van der Waals surface area contributed by atoms with E-state index in [9.17, 15) is 13.6 Å². The number of hydrogen-bond donors (Lipinski definition) is 0. The van der Waals surface area contributed by atoms with E-state index in [1.165, 1.54) is 29.8 Å². The lowest BCUT2D eigenvalue weighted by Gasteiger charge is -2.19. The van der Waals surface area contributed by atoms with Gasteiger partial charge in [0.1, 0.15) is 11.6 Å². The number of halogens is 2. The Hall–Kier alpha value is -3.07. The van der Waals surface area contributed by atoms with Crippen LogP contribution in [0.4, 0.5) is 8.78 Å². The highest BCUT2D eigenvalue weighted by Crippen LogP contribution is 2.45. The van der Waals surface area contributed by atoms with Gasteiger partial charge in [-0.2, -0.15) is 0 Å². The number of Topliss-reactive ketones (excluding diaryl/α,β-unsaturated/α-hetero) is 1. The van der Waals surface area contributed by atoms with Crippen LogP contribution < -0.4 is 0 Å². The lowest BCUT2D eigenvalue weighted by atomic mass is 9.84. The summed E-state index contributed by atoms with van der Waals surface area (Å²) in [6, 6.07) is 20.4. The highest BCUT2D eigenvalue weighted by Gasteiger charge is 2.33. The van der Waals surface area contributed by atoms with Crippen molar-refractivity contribution in [3.63, 3.8) is 0 Å². The molecule has 1 nitrogen and oxygen atoms in total. The van der Waals surface area contributed by atoms with Crippen molar-refractivity contribution in [2.45, 2.75) is 31.6 Å². The summed E-state index contributed by atoms with van der Waals surface area (Å²) in [5.41, 5.74) is 4.36. The Bertz CT molecular complexity index is 1070. The summed E-state index contributed by atoms with van der Waals surface area (Å²) in [4.78, 5) is 13.3. The molecule has 1 aliphatic carbocycles. The largest absolute Gasteiger partial charge is 0.289 e. The fraction of sp³-hybridized carbons (Fsp3) is 0.192. The van der Waals surface area contributed by atoms with E-state index in [-0.39, 0.29) is 23.4 Å². The first-order chi connectivity index (χ1) is 14.1. The molecule has 0 fully saturated rings. The molecule has 0 radical (unpaired) electrons. The number of ketones is 1. The molecule has 0 N–H and O–H groups in total. The van der Waals surface area contributed by atoms with Crippen molar-refractivity contribution in [3.05, 3.63) is 118 Å². The molecule has 2 unspecified atom stereocenters. The van der Waals surface area contributed by atoms with Crippen LogP contribution in [0.15, 0.2) is 84.4 Å². The molecule has 0 bridgehead atoms. The monoisotopic (exact) mass is 388 g/mol. The third kappa shape index (κ3) is 3.91. The van der Waals surface area contributed by atoms with Gasteiger partial charge in [0, 0.05) is 23.0 Å². The van der Waals surface area contributed by atoms with Crippen LogP contribution in [0.1, 0.15) is 52.2 Å². The van der Waals surface area contributed by atoms with Gasteiger partial charge in [-0.3, -0.25) is 4.79 Å². The number of carbonyl (C=O) groups excluding carboxylic acids is 1. The van der Waals surface area contributed by atoms with E-state index in [0.717, 1.165) is 24.0 Å². The van der Waals surface area contributed by atoms with Crippen LogP contribution in [-0.2, 0) is 6.42 Å². The molecule has 3 heteroatoms. The van der Waals surface area contributed by atoms with Crippen LogP contribution in [0, 0.1) is 11.6 Å². The lowest BCUT2D eigenvalue weighted by Crippen LogP contribution is -2.11. The smallest absolute Gasteiger partial charge is 0.189 e. The van der Waals surface area contributed by atoms with E-state index < -0.39 is 5.82 Å². The van der Waals surface area contributed by atoms with Crippen LogP contribution in [-0.4, -0.2) is 5.78 Å². The van der Waals surface area contributed by atoms with Gasteiger partial charge in [-0.25, -0.2) is 8.78 Å². The summed E-state index contributed by atoms with van der Waals surface area (Å²) in [5, 5.41) is 0. The predicted octanol–water partition coefficient (Wildman–Crippen LogP) is 6.61. The van der Waals surface area contributed by atoms with Gasteiger partial charge >= 0.3 is 0 Å². The fourth-order valence-corrected chi connectivity index (χ4v) is 4.25. The zero-order valence-corrected chi connectivity index (χ0v) is 16.2. The second kappa shape index (κ2) is 8.12. The normalized spacial score (nSPS) is 18.5. The zero-order chi connectivity index (χ0) is 20.4. The topological polar surface area (TPSA) is 17.1 Å². The van der Waals surface area contributed by atoms with Crippen LogP contribution in [0.25, 0.3) is 0 Å². The Labute approximate surface area is 169 Å². The van der Waals surface area contributed by atoms with E-state index >= 15 is 0 Å². The second-order valence-corrected chi connectivity index (χ2v) is 7.46. The van der Waals surface area contributed by atoms with Gasteiger partial charge in [0.25, 0.3) is 0 Å². The van der Waals surface area contributed by atoms with Gasteiger partial charge in [0.05, 0.1) is 0 Å². The number of aryl methyl sites for hydroxylation is 1. The fourth-order valence-electron chi connectivity index (χ4n) is 4.25. The van der Waals surface area contributed by atoms with Crippen molar-refractivity contribution in [1.29, 1.82) is 0 Å². The number of carbonyl (C=O) groups is 1. The predicted molar refractivity (Wildman–Crippen MR) is 111 cm³/mol. The Morgan fingerprint density at radius 2 is 1.69 bits per heavy atom. The molecule has 0 saturated heterocycles. The highest BCUT2D eigenvalue weighted by atomic mass is 19.1. The van der Waals surface area contributed by atoms with E-state index in [1.807, 2.05) is 18.2 Å². The Morgan fingerprint density at radius 3 is 2.41 bits per heavy atom. The summed E-state index contributed by atoms with van der Waals surface area (Å²) in [7, 11) is 0. The van der Waals surface area contributed by atoms with Crippen LogP contribution in [0.5, 0.6) is 0 Å². The third-order valence-corrected chi connectivity index (χ3v) is 5.70. The third-order valence-electron chi connectivity index (χ3n) is 5.70. The van der Waals surface area contributed by atoms with Gasteiger partial charge in [0.2, 0.25) is 0 Å². The lowest BCUT2D eigenvalue weighted by molar-refractivity contribution is 0.102. The molecule has 3 aromatic carbocycles. The van der Waals surface area contributed by atoms with Crippen molar-refractivity contribution in [2.75, 3.05) is 0 Å². The zero-order valence-electron chi connectivity index (χ0n) is 16.2. The van der Waals surface area contributed by atoms with Gasteiger partial charge in [0.15, 0.2) is 5.78 Å². The molecule has 0 aliphatic heterocycles. The average Bonchev–Trinajstić information content (AvgIpc) is 3.19. The average molecular weight is 388 g/mol. The minimum Gasteiger partial charge on any atom is -0.289 e. The molecule has 29 heavy (non-hydrogen) atoms. The first-order valence-corrected chi connectivity index (χ1v) is 9.92. The number of rotatable bonds is 5. The second-order valence-electron chi connectivity index (χ2n) is 7.46. The summed E-state index contributed by atoms with van der Waals surface area (Å²) in [6.07, 6.45) is 3.59. The van der Waals surface area contributed by atoms with Gasteiger partial charge in [-0.15, -0.1) is 0 Å². The molecule has 0 heterocycles. The van der Waals surface area contributed by atoms with E-state index in [4.69, 9.17) is 0 Å². The minimum absolute atomic E-state index is 0.0121. The van der Waals surface area contributed by atoms with Gasteiger partial charge < -0.3 is 0 Å². The maximum atomic E-state index is 13.7. The van der Waals surface area contributed by atoms with Crippen molar-refractivity contribution >= 4 is 5.78 Å². The van der Waals surface area contributed by atoms with Crippen molar-refractivity contribution in [1.82, 2.24) is 0 Å². The Kier molecular flexibility index (Phi) is 5.39. The highest BCUT2D eigenvalue weighted by molar-refractivity contribution is 6.10. The summed E-state index contributed by atoms with van der Waals surface area (Å²) in [6.45, 7) is 2.10. The first kappa shape index (κ1) is 19.3. The molecule has 0 saturated carbocycles. The van der Waals surface area contributed by atoms with Crippen LogP contribution in [0.2, 0.25) is 0 Å². The maximum Gasteiger partial charge on any atom is 0.189 e. The van der Waals surface area contributed by atoms with Crippen molar-refractivity contribution in [2.24, 2.45) is 0 Å². The Balaban J connectivity index is 1.78. The maximum absolute atomic E-state index is 13.7. The van der Waals surface area contributed by atoms with Crippen molar-refractivity contribution < 1.29 is 13.6 Å². The molecule has 0 amide bonds. The molecule has 0 spiro atoms. The number of benzene rings is 3. The molecular formula is C26H22F2O. The molecule has 146 valence electrons. The van der Waals surface area contributed by atoms with Crippen molar-refractivity contribution in [3.8, 4) is 0 Å². The number of hydrogen-bond acceptors (Lipinski definition) is 1. The van der Waals surface area contributed by atoms with Crippen LogP contribution >= 0.6 is 0 Å². The minimum atomic E-state index is -0.421. The summed E-state index contributed by atoms with van der Waals surface area (Å²) in [5.74, 6) is -0.908. The first-order valence-electron chi connectivity index (χ1n) is 9.92. The van der Waals surface area contributed by atoms with E-state index in [2.05, 4.69) is 19.1 Å². The summed E-state index contributed by atoms with van der Waals surface area (Å²) < 4.78 is 27.1. The Morgan fingerprint density at radius 1 is 0.931 bits per heavy atom. The summed E-state index contributed by atoms with van der Waals surface area (Å²) >= 11 is 0. The molecular weight excluding hydrogens is 366 g/mol. The molecule has 2 atom stereocenters. The molecule has 0 aromatic heterocycles. The standard InChI is InChI=1S/C26H22F2O/c1-2-17-6-3-4-9-23(17)24-15-20(18-10-12-21(27)13-11-18)16-25(24)26(29)19-7-5-8-22(28)14-19/h3-14,16,20,24H,2,15H2,1H3. The molecule has 1 aliphatic rings. The molecule has 4 rings (SSSR count). The SMILES string of the molecule is CCc1ccccc1C1CC(c2ccc(F)cc2)C=C1C(=O)c1cccc(F)c1. The van der Waals surface area contributed by atoms with E-state index in [1.54, 1.807) is 24.3 Å². The van der Waals surface area contributed by atoms with Gasteiger partial charge in [-0.1, -0.05) is 61.5 Å². The van der Waals surface area contributed by atoms with Crippen LogP contribution in [0.3, 0.4) is 0 Å². The van der Waals surface area contributed by atoms with Gasteiger partial charge in [-0.05, 0) is 53.8 Å².